The van der Waals surface area contributed by atoms with E-state index < -0.39 is 0 Å². The van der Waals surface area contributed by atoms with Gasteiger partial charge in [0.25, 0.3) is 0 Å². The average molecular weight is 299 g/mol. The first-order valence-electron chi connectivity index (χ1n) is 7.30. The molecule has 0 aliphatic heterocycles. The van der Waals surface area contributed by atoms with Gasteiger partial charge in [-0.1, -0.05) is 13.3 Å². The quantitative estimate of drug-likeness (QED) is 0.575. The van der Waals surface area contributed by atoms with Crippen molar-refractivity contribution in [3.8, 4) is 5.75 Å². The number of allylic oxidation sites excluding steroid dienone is 2. The van der Waals surface area contributed by atoms with Crippen LogP contribution in [0.5, 0.6) is 5.75 Å². The van der Waals surface area contributed by atoms with E-state index in [1.54, 1.807) is 30.4 Å². The Hall–Kier alpha value is -2.56. The average Bonchev–Trinajstić information content (AvgIpc) is 2.47. The highest BCUT2D eigenvalue weighted by molar-refractivity contribution is 6.22. The highest BCUT2D eigenvalue weighted by Crippen LogP contribution is 2.24. The summed E-state index contributed by atoms with van der Waals surface area (Å²) in [6.07, 6.45) is 5.21. The van der Waals surface area contributed by atoms with Crippen molar-refractivity contribution in [1.29, 1.82) is 5.41 Å². The van der Waals surface area contributed by atoms with Gasteiger partial charge in [-0.25, -0.2) is 4.99 Å². The molecule has 4 N–H and O–H groups in total. The number of phenolic OH excluding ortho intramolecular Hbond substituents is 1. The summed E-state index contributed by atoms with van der Waals surface area (Å²) in [6, 6.07) is 5.09. The van der Waals surface area contributed by atoms with E-state index in [-0.39, 0.29) is 11.5 Å². The molecule has 0 spiro atoms. The molecule has 1 aliphatic rings. The van der Waals surface area contributed by atoms with E-state index in [9.17, 15) is 5.11 Å². The molecule has 0 bridgehead atoms. The minimum atomic E-state index is 0.233. The zero-order valence-electron chi connectivity index (χ0n) is 12.9. The van der Waals surface area contributed by atoms with Gasteiger partial charge in [-0.05, 0) is 43.2 Å². The van der Waals surface area contributed by atoms with Crippen LogP contribution in [0.15, 0.2) is 46.8 Å². The maximum absolute atomic E-state index is 9.55. The molecule has 0 heterocycles. The van der Waals surface area contributed by atoms with Crippen LogP contribution in [0.3, 0.4) is 0 Å². The highest BCUT2D eigenvalue weighted by Gasteiger charge is 2.15. The van der Waals surface area contributed by atoms with Gasteiger partial charge in [0.2, 0.25) is 0 Å². The zero-order chi connectivity index (χ0) is 16.1. The fourth-order valence-electron chi connectivity index (χ4n) is 1.98. The van der Waals surface area contributed by atoms with Gasteiger partial charge in [0, 0.05) is 6.08 Å². The van der Waals surface area contributed by atoms with E-state index in [4.69, 9.17) is 15.9 Å². The Morgan fingerprint density at radius 3 is 2.77 bits per heavy atom. The lowest BCUT2D eigenvalue weighted by atomic mass is 10.1. The van der Waals surface area contributed by atoms with Crippen LogP contribution >= 0.6 is 0 Å². The largest absolute Gasteiger partial charge is 0.508 e. The molecule has 0 fully saturated rings. The Morgan fingerprint density at radius 2 is 2.09 bits per heavy atom. The molecular weight excluding hydrogens is 278 g/mol. The first-order valence-corrected chi connectivity index (χ1v) is 7.30. The third-order valence-electron chi connectivity index (χ3n) is 3.31. The third kappa shape index (κ3) is 3.75. The number of nitrogens with zero attached hydrogens (tertiary/aromatic N) is 1. The monoisotopic (exact) mass is 299 g/mol. The topological polar surface area (TPSA) is 91.7 Å². The number of aromatic hydroxyl groups is 1. The molecule has 1 aromatic carbocycles. The molecule has 1 aliphatic carbocycles. The second-order valence-electron chi connectivity index (χ2n) is 5.19. The summed E-state index contributed by atoms with van der Waals surface area (Å²) in [5.41, 5.74) is 8.63. The van der Waals surface area contributed by atoms with Gasteiger partial charge < -0.3 is 15.6 Å². The lowest BCUT2D eigenvalue weighted by molar-refractivity contribution is 0.226. The minimum Gasteiger partial charge on any atom is -0.508 e. The van der Waals surface area contributed by atoms with Crippen molar-refractivity contribution >= 4 is 17.1 Å². The molecule has 0 atom stereocenters. The third-order valence-corrected chi connectivity index (χ3v) is 3.31. The number of aliphatic imine (C=N–C) groups is 1. The molecule has 2 rings (SSSR count). The number of ether oxygens (including phenoxy) is 1. The van der Waals surface area contributed by atoms with Crippen molar-refractivity contribution in [3.05, 3.63) is 47.4 Å². The zero-order valence-corrected chi connectivity index (χ0v) is 12.9. The minimum absolute atomic E-state index is 0.233. The summed E-state index contributed by atoms with van der Waals surface area (Å²) in [5, 5.41) is 17.5. The van der Waals surface area contributed by atoms with Crippen molar-refractivity contribution in [2.45, 2.75) is 26.7 Å². The van der Waals surface area contributed by atoms with E-state index in [2.05, 4.69) is 11.9 Å². The van der Waals surface area contributed by atoms with Crippen LogP contribution in [0.25, 0.3) is 0 Å². The normalized spacial score (nSPS) is 16.5. The first kappa shape index (κ1) is 15.8. The van der Waals surface area contributed by atoms with Gasteiger partial charge in [0.05, 0.1) is 29.4 Å². The summed E-state index contributed by atoms with van der Waals surface area (Å²) >= 11 is 0. The summed E-state index contributed by atoms with van der Waals surface area (Å²) in [4.78, 5) is 4.47. The molecular formula is C17H21N3O2. The first-order chi connectivity index (χ1) is 10.5. The van der Waals surface area contributed by atoms with Gasteiger partial charge in [-0.3, -0.25) is 5.41 Å². The van der Waals surface area contributed by atoms with Crippen LogP contribution in [-0.4, -0.2) is 23.1 Å². The van der Waals surface area contributed by atoms with Crippen LogP contribution < -0.4 is 5.73 Å². The van der Waals surface area contributed by atoms with E-state index in [1.807, 2.05) is 6.92 Å². The molecule has 0 aromatic heterocycles. The van der Waals surface area contributed by atoms with Crippen LogP contribution in [0, 0.1) is 12.3 Å². The molecule has 0 saturated carbocycles. The fraction of sp³-hybridized carbons (Fsp3) is 0.294. The second kappa shape index (κ2) is 6.93. The van der Waals surface area contributed by atoms with Gasteiger partial charge in [-0.2, -0.15) is 0 Å². The number of hydrogen-bond donors (Lipinski definition) is 3. The Labute approximate surface area is 130 Å². The second-order valence-corrected chi connectivity index (χ2v) is 5.19. The number of nitrogens with one attached hydrogen (secondary N) is 1. The number of nitrogens with two attached hydrogens (primary N) is 1. The van der Waals surface area contributed by atoms with Crippen molar-refractivity contribution in [2.24, 2.45) is 10.7 Å². The molecule has 5 heteroatoms. The van der Waals surface area contributed by atoms with Crippen molar-refractivity contribution in [2.75, 3.05) is 6.61 Å². The van der Waals surface area contributed by atoms with Crippen molar-refractivity contribution < 1.29 is 9.84 Å². The molecule has 0 unspecified atom stereocenters. The summed E-state index contributed by atoms with van der Waals surface area (Å²) in [6.45, 7) is 4.47. The molecule has 5 nitrogen and oxygen atoms in total. The number of phenols is 1. The summed E-state index contributed by atoms with van der Waals surface area (Å²) < 4.78 is 5.61. The molecule has 0 saturated heterocycles. The lowest BCUT2D eigenvalue weighted by Crippen LogP contribution is -2.19. The molecule has 0 amide bonds. The Kier molecular flexibility index (Phi) is 4.99. The summed E-state index contributed by atoms with van der Waals surface area (Å²) in [5.74, 6) is 0.717. The van der Waals surface area contributed by atoms with Gasteiger partial charge in [0.15, 0.2) is 0 Å². The molecule has 0 radical (unpaired) electrons. The lowest BCUT2D eigenvalue weighted by Gasteiger charge is -2.15. The Bertz CT molecular complexity index is 672. The molecule has 22 heavy (non-hydrogen) atoms. The van der Waals surface area contributed by atoms with E-state index >= 15 is 0 Å². The predicted molar refractivity (Wildman–Crippen MR) is 88.9 cm³/mol. The SMILES string of the molecule is CCCCOC1=C/C(=N/c2ccc(O)c(C)c2)C(N)=CC1=N. The number of unbranched alkanes of at least 4 members (excludes halogenated alkanes) is 1. The van der Waals surface area contributed by atoms with E-state index in [1.165, 1.54) is 0 Å². The number of benzene rings is 1. The van der Waals surface area contributed by atoms with Crippen LogP contribution in [0.2, 0.25) is 0 Å². The maximum atomic E-state index is 9.55. The number of aryl methyl sites for hydroxylation is 1. The molecule has 116 valence electrons. The van der Waals surface area contributed by atoms with Gasteiger partial charge >= 0.3 is 0 Å². The predicted octanol–water partition coefficient (Wildman–Crippen LogP) is 3.35. The standard InChI is InChI=1S/C17H21N3O2/c1-3-4-7-22-17-10-15(13(18)9-14(17)19)20-12-5-6-16(21)11(2)8-12/h5-6,8-10,19,21H,3-4,7,18H2,1-2H3/b19-14?,20-15-. The van der Waals surface area contributed by atoms with Gasteiger partial charge in [-0.15, -0.1) is 0 Å². The summed E-state index contributed by atoms with van der Waals surface area (Å²) in [7, 11) is 0. The maximum Gasteiger partial charge on any atom is 0.146 e. The van der Waals surface area contributed by atoms with Crippen LogP contribution in [0.4, 0.5) is 5.69 Å². The van der Waals surface area contributed by atoms with Crippen molar-refractivity contribution in [1.82, 2.24) is 0 Å². The van der Waals surface area contributed by atoms with Crippen LogP contribution in [0.1, 0.15) is 25.3 Å². The number of rotatable bonds is 5. The molecule has 1 aromatic rings. The van der Waals surface area contributed by atoms with Crippen LogP contribution in [-0.2, 0) is 4.74 Å². The smallest absolute Gasteiger partial charge is 0.146 e. The highest BCUT2D eigenvalue weighted by atomic mass is 16.5. The van der Waals surface area contributed by atoms with E-state index in [0.29, 0.717) is 29.5 Å². The van der Waals surface area contributed by atoms with Crippen molar-refractivity contribution in [3.63, 3.8) is 0 Å². The Morgan fingerprint density at radius 1 is 1.32 bits per heavy atom. The van der Waals surface area contributed by atoms with E-state index in [0.717, 1.165) is 18.4 Å². The fourth-order valence-corrected chi connectivity index (χ4v) is 1.98. The number of hydrogen-bond acceptors (Lipinski definition) is 5. The Balaban J connectivity index is 2.26. The van der Waals surface area contributed by atoms with Gasteiger partial charge in [0.1, 0.15) is 11.5 Å².